The summed E-state index contributed by atoms with van der Waals surface area (Å²) in [5.41, 5.74) is 2.08. The molecule has 0 aliphatic carbocycles. The number of hydrogen-bond acceptors (Lipinski definition) is 5. The van der Waals surface area contributed by atoms with Crippen molar-refractivity contribution in [3.05, 3.63) is 54.5 Å². The first-order chi connectivity index (χ1) is 12.8. The maximum Gasteiger partial charge on any atom is 0.274 e. The van der Waals surface area contributed by atoms with E-state index in [1.807, 2.05) is 36.4 Å². The van der Waals surface area contributed by atoms with Crippen LogP contribution in [0.25, 0.3) is 11.3 Å². The molecule has 0 bridgehead atoms. The SMILES string of the molecule is O=C(Nc1cc(N2CCCCC2)ncn1)c1cc(-c2ccccc2)n[nH]1. The summed E-state index contributed by atoms with van der Waals surface area (Å²) >= 11 is 0. The number of H-pyrrole nitrogens is 1. The van der Waals surface area contributed by atoms with Crippen LogP contribution in [0, 0.1) is 0 Å². The zero-order valence-corrected chi connectivity index (χ0v) is 14.4. The number of hydrogen-bond donors (Lipinski definition) is 2. The van der Waals surface area contributed by atoms with E-state index in [1.54, 1.807) is 6.07 Å². The van der Waals surface area contributed by atoms with E-state index in [-0.39, 0.29) is 5.91 Å². The predicted octanol–water partition coefficient (Wildman–Crippen LogP) is 3.11. The Bertz CT molecular complexity index is 886. The zero-order valence-electron chi connectivity index (χ0n) is 14.4. The minimum atomic E-state index is -0.275. The fourth-order valence-corrected chi connectivity index (χ4v) is 3.09. The Labute approximate surface area is 151 Å². The summed E-state index contributed by atoms with van der Waals surface area (Å²) in [6, 6.07) is 13.3. The molecule has 3 heterocycles. The van der Waals surface area contributed by atoms with Crippen molar-refractivity contribution in [3.8, 4) is 11.3 Å². The van der Waals surface area contributed by atoms with E-state index in [9.17, 15) is 4.79 Å². The van der Waals surface area contributed by atoms with Gasteiger partial charge in [-0.05, 0) is 25.3 Å². The van der Waals surface area contributed by atoms with Gasteiger partial charge in [-0.15, -0.1) is 0 Å². The number of nitrogens with zero attached hydrogens (tertiary/aromatic N) is 4. The summed E-state index contributed by atoms with van der Waals surface area (Å²) in [7, 11) is 0. The van der Waals surface area contributed by atoms with E-state index in [2.05, 4.69) is 30.4 Å². The molecule has 7 nitrogen and oxygen atoms in total. The van der Waals surface area contributed by atoms with Gasteiger partial charge in [-0.1, -0.05) is 30.3 Å². The molecule has 0 radical (unpaired) electrons. The molecule has 1 fully saturated rings. The highest BCUT2D eigenvalue weighted by molar-refractivity contribution is 6.03. The van der Waals surface area contributed by atoms with Gasteiger partial charge in [0.2, 0.25) is 0 Å². The molecule has 1 aliphatic heterocycles. The van der Waals surface area contributed by atoms with Gasteiger partial charge in [0, 0.05) is 24.7 Å². The topological polar surface area (TPSA) is 86.8 Å². The molecule has 2 aromatic heterocycles. The number of carbonyl (C=O) groups is 1. The van der Waals surface area contributed by atoms with Crippen LogP contribution in [0.5, 0.6) is 0 Å². The first kappa shape index (κ1) is 16.3. The normalized spacial score (nSPS) is 14.2. The van der Waals surface area contributed by atoms with Crippen LogP contribution in [-0.4, -0.2) is 39.2 Å². The van der Waals surface area contributed by atoms with E-state index in [1.165, 1.54) is 25.6 Å². The molecular weight excluding hydrogens is 328 g/mol. The molecule has 4 rings (SSSR count). The van der Waals surface area contributed by atoms with Crippen molar-refractivity contribution in [2.75, 3.05) is 23.3 Å². The van der Waals surface area contributed by atoms with Crippen LogP contribution in [0.3, 0.4) is 0 Å². The van der Waals surface area contributed by atoms with Gasteiger partial charge < -0.3 is 10.2 Å². The maximum atomic E-state index is 12.5. The Kier molecular flexibility index (Phi) is 4.59. The van der Waals surface area contributed by atoms with Crippen molar-refractivity contribution >= 4 is 17.5 Å². The predicted molar refractivity (Wildman–Crippen MR) is 100 cm³/mol. The van der Waals surface area contributed by atoms with Gasteiger partial charge in [0.15, 0.2) is 0 Å². The fraction of sp³-hybridized carbons (Fsp3) is 0.263. The summed E-state index contributed by atoms with van der Waals surface area (Å²) < 4.78 is 0. The Morgan fingerprint density at radius 2 is 1.85 bits per heavy atom. The zero-order chi connectivity index (χ0) is 17.8. The quantitative estimate of drug-likeness (QED) is 0.756. The molecule has 0 atom stereocenters. The number of amides is 1. The molecule has 26 heavy (non-hydrogen) atoms. The Balaban J connectivity index is 1.47. The first-order valence-corrected chi connectivity index (χ1v) is 8.79. The first-order valence-electron chi connectivity index (χ1n) is 8.79. The number of anilines is 2. The number of piperidine rings is 1. The fourth-order valence-electron chi connectivity index (χ4n) is 3.09. The second kappa shape index (κ2) is 7.35. The molecule has 1 amide bonds. The van der Waals surface area contributed by atoms with Crippen LogP contribution >= 0.6 is 0 Å². The third kappa shape index (κ3) is 3.56. The van der Waals surface area contributed by atoms with Gasteiger partial charge in [-0.2, -0.15) is 5.10 Å². The second-order valence-corrected chi connectivity index (χ2v) is 6.30. The second-order valence-electron chi connectivity index (χ2n) is 6.30. The number of aromatic amines is 1. The van der Waals surface area contributed by atoms with Gasteiger partial charge in [0.05, 0.1) is 5.69 Å². The molecule has 1 aliphatic rings. The van der Waals surface area contributed by atoms with E-state index in [0.717, 1.165) is 30.2 Å². The summed E-state index contributed by atoms with van der Waals surface area (Å²) in [5, 5.41) is 9.81. The van der Waals surface area contributed by atoms with E-state index in [0.29, 0.717) is 11.5 Å². The van der Waals surface area contributed by atoms with Gasteiger partial charge in [0.1, 0.15) is 23.7 Å². The minimum absolute atomic E-state index is 0.275. The van der Waals surface area contributed by atoms with Crippen molar-refractivity contribution in [2.45, 2.75) is 19.3 Å². The largest absolute Gasteiger partial charge is 0.356 e. The molecule has 0 unspecified atom stereocenters. The molecular formula is C19H20N6O. The Morgan fingerprint density at radius 1 is 1.04 bits per heavy atom. The minimum Gasteiger partial charge on any atom is -0.356 e. The molecule has 132 valence electrons. The monoisotopic (exact) mass is 348 g/mol. The smallest absolute Gasteiger partial charge is 0.274 e. The Morgan fingerprint density at radius 3 is 2.65 bits per heavy atom. The van der Waals surface area contributed by atoms with Crippen LogP contribution in [0.1, 0.15) is 29.8 Å². The molecule has 2 N–H and O–H groups in total. The lowest BCUT2D eigenvalue weighted by molar-refractivity contribution is 0.102. The highest BCUT2D eigenvalue weighted by Crippen LogP contribution is 2.20. The average molecular weight is 348 g/mol. The van der Waals surface area contributed by atoms with Gasteiger partial charge in [-0.3, -0.25) is 9.89 Å². The molecule has 3 aromatic rings. The maximum absolute atomic E-state index is 12.5. The number of benzene rings is 1. The van der Waals surface area contributed by atoms with E-state index < -0.39 is 0 Å². The Hall–Kier alpha value is -3.22. The third-order valence-corrected chi connectivity index (χ3v) is 4.47. The van der Waals surface area contributed by atoms with Crippen molar-refractivity contribution in [2.24, 2.45) is 0 Å². The average Bonchev–Trinajstić information content (AvgIpc) is 3.20. The standard InChI is InChI=1S/C19H20N6O/c26-19(16-11-15(23-24-16)14-7-3-1-4-8-14)22-17-12-18(21-13-20-17)25-9-5-2-6-10-25/h1,3-4,7-8,11-13H,2,5-6,9-10H2,(H,23,24)(H,20,21,22,26). The summed E-state index contributed by atoms with van der Waals surface area (Å²) in [6.07, 6.45) is 5.08. The third-order valence-electron chi connectivity index (χ3n) is 4.47. The molecule has 1 saturated heterocycles. The van der Waals surface area contributed by atoms with Crippen LogP contribution in [-0.2, 0) is 0 Å². The summed E-state index contributed by atoms with van der Waals surface area (Å²) in [4.78, 5) is 23.2. The molecule has 0 spiro atoms. The number of aromatic nitrogens is 4. The summed E-state index contributed by atoms with van der Waals surface area (Å²) in [6.45, 7) is 1.98. The lowest BCUT2D eigenvalue weighted by Crippen LogP contribution is -2.30. The highest BCUT2D eigenvalue weighted by Gasteiger charge is 2.15. The lowest BCUT2D eigenvalue weighted by Gasteiger charge is -2.27. The van der Waals surface area contributed by atoms with Gasteiger partial charge in [-0.25, -0.2) is 9.97 Å². The van der Waals surface area contributed by atoms with Crippen LogP contribution in [0.2, 0.25) is 0 Å². The van der Waals surface area contributed by atoms with Crippen molar-refractivity contribution in [1.29, 1.82) is 0 Å². The van der Waals surface area contributed by atoms with Crippen LogP contribution in [0.15, 0.2) is 48.8 Å². The van der Waals surface area contributed by atoms with Crippen LogP contribution < -0.4 is 10.2 Å². The van der Waals surface area contributed by atoms with E-state index >= 15 is 0 Å². The van der Waals surface area contributed by atoms with Gasteiger partial charge >= 0.3 is 0 Å². The van der Waals surface area contributed by atoms with E-state index in [4.69, 9.17) is 0 Å². The molecule has 1 aromatic carbocycles. The van der Waals surface area contributed by atoms with Gasteiger partial charge in [0.25, 0.3) is 5.91 Å². The molecule has 0 saturated carbocycles. The number of rotatable bonds is 4. The lowest BCUT2D eigenvalue weighted by atomic mass is 10.1. The van der Waals surface area contributed by atoms with Crippen molar-refractivity contribution < 1.29 is 4.79 Å². The molecule has 7 heteroatoms. The summed E-state index contributed by atoms with van der Waals surface area (Å²) in [5.74, 6) is 1.06. The number of carbonyl (C=O) groups excluding carboxylic acids is 1. The van der Waals surface area contributed by atoms with Crippen molar-refractivity contribution in [3.63, 3.8) is 0 Å². The number of nitrogens with one attached hydrogen (secondary N) is 2. The van der Waals surface area contributed by atoms with Crippen LogP contribution in [0.4, 0.5) is 11.6 Å². The highest BCUT2D eigenvalue weighted by atomic mass is 16.2. The van der Waals surface area contributed by atoms with Crippen molar-refractivity contribution in [1.82, 2.24) is 20.2 Å².